The van der Waals surface area contributed by atoms with E-state index in [1.54, 1.807) is 0 Å². The Balaban J connectivity index is 1.81. The van der Waals surface area contributed by atoms with Crippen molar-refractivity contribution in [3.05, 3.63) is 17.0 Å². The first-order valence-electron chi connectivity index (χ1n) is 7.35. The van der Waals surface area contributed by atoms with Gasteiger partial charge in [-0.05, 0) is 32.1 Å². The highest BCUT2D eigenvalue weighted by Gasteiger charge is 2.23. The molecule has 1 aliphatic carbocycles. The summed E-state index contributed by atoms with van der Waals surface area (Å²) in [6.07, 6.45) is 5.77. The van der Waals surface area contributed by atoms with Crippen molar-refractivity contribution in [2.45, 2.75) is 59.4 Å². The molecule has 2 unspecified atom stereocenters. The van der Waals surface area contributed by atoms with Crippen LogP contribution in [-0.4, -0.2) is 16.1 Å². The number of carbonyl (C=O) groups excluding carboxylic acids is 1. The summed E-state index contributed by atoms with van der Waals surface area (Å²) in [4.78, 5) is 12.0. The normalized spacial score (nSPS) is 23.3. The van der Waals surface area contributed by atoms with Gasteiger partial charge in [0.15, 0.2) is 0 Å². The maximum Gasteiger partial charge on any atom is 0.220 e. The van der Waals surface area contributed by atoms with E-state index >= 15 is 0 Å². The van der Waals surface area contributed by atoms with Crippen molar-refractivity contribution < 1.29 is 4.79 Å². The van der Waals surface area contributed by atoms with E-state index in [0.29, 0.717) is 24.8 Å². The highest BCUT2D eigenvalue weighted by atomic mass is 16.1. The molecule has 1 saturated carbocycles. The molecule has 19 heavy (non-hydrogen) atoms. The zero-order chi connectivity index (χ0) is 13.8. The summed E-state index contributed by atoms with van der Waals surface area (Å²) in [6, 6.07) is 0. The molecular weight excluding hydrogens is 238 g/mol. The van der Waals surface area contributed by atoms with Crippen LogP contribution in [0.4, 0.5) is 0 Å². The van der Waals surface area contributed by atoms with Crippen LogP contribution < -0.4 is 5.32 Å². The predicted molar refractivity (Wildman–Crippen MR) is 75.6 cm³/mol. The molecule has 1 aromatic heterocycles. The van der Waals surface area contributed by atoms with Gasteiger partial charge < -0.3 is 5.32 Å². The van der Waals surface area contributed by atoms with E-state index in [2.05, 4.69) is 22.4 Å². The molecule has 0 aromatic carbocycles. The van der Waals surface area contributed by atoms with Crippen LogP contribution in [0.15, 0.2) is 0 Å². The standard InChI is InChI=1S/C15H25N3O/c1-10-6-4-5-7-13(10)8-15(19)16-9-14-11(2)17-18-12(14)3/h10,13H,4-9H2,1-3H3,(H,16,19)(H,17,18). The van der Waals surface area contributed by atoms with Crippen molar-refractivity contribution in [1.29, 1.82) is 0 Å². The molecule has 4 nitrogen and oxygen atoms in total. The fraction of sp³-hybridized carbons (Fsp3) is 0.733. The minimum Gasteiger partial charge on any atom is -0.352 e. The molecule has 2 atom stereocenters. The number of aryl methyl sites for hydroxylation is 2. The third kappa shape index (κ3) is 3.58. The minimum atomic E-state index is 0.179. The third-order valence-electron chi connectivity index (χ3n) is 4.48. The fourth-order valence-electron chi connectivity index (χ4n) is 3.03. The van der Waals surface area contributed by atoms with Gasteiger partial charge in [0.05, 0.1) is 5.69 Å². The summed E-state index contributed by atoms with van der Waals surface area (Å²) in [7, 11) is 0. The number of nitrogens with zero attached hydrogens (tertiary/aromatic N) is 1. The maximum atomic E-state index is 12.0. The lowest BCUT2D eigenvalue weighted by molar-refractivity contribution is -0.122. The second-order valence-corrected chi connectivity index (χ2v) is 5.92. The van der Waals surface area contributed by atoms with Crippen LogP contribution in [0.3, 0.4) is 0 Å². The number of nitrogens with one attached hydrogen (secondary N) is 2. The zero-order valence-electron chi connectivity index (χ0n) is 12.3. The van der Waals surface area contributed by atoms with E-state index in [1.807, 2.05) is 13.8 Å². The Morgan fingerprint density at radius 1 is 1.37 bits per heavy atom. The number of aromatic nitrogens is 2. The first-order chi connectivity index (χ1) is 9.08. The van der Waals surface area contributed by atoms with Crippen molar-refractivity contribution in [2.24, 2.45) is 11.8 Å². The molecule has 4 heteroatoms. The Hall–Kier alpha value is -1.32. The fourth-order valence-corrected chi connectivity index (χ4v) is 3.03. The van der Waals surface area contributed by atoms with Crippen LogP contribution in [0.2, 0.25) is 0 Å². The predicted octanol–water partition coefficient (Wildman–Crippen LogP) is 2.86. The van der Waals surface area contributed by atoms with Crippen molar-refractivity contribution >= 4 is 5.91 Å². The smallest absolute Gasteiger partial charge is 0.220 e. The van der Waals surface area contributed by atoms with Crippen LogP contribution in [0, 0.1) is 25.7 Å². The van der Waals surface area contributed by atoms with Crippen LogP contribution in [-0.2, 0) is 11.3 Å². The van der Waals surface area contributed by atoms with E-state index in [-0.39, 0.29) is 5.91 Å². The van der Waals surface area contributed by atoms with Crippen molar-refractivity contribution in [3.8, 4) is 0 Å². The number of hydrogen-bond donors (Lipinski definition) is 2. The summed E-state index contributed by atoms with van der Waals surface area (Å²) in [6.45, 7) is 6.83. The molecule has 0 aliphatic heterocycles. The van der Waals surface area contributed by atoms with E-state index in [0.717, 1.165) is 17.0 Å². The number of H-pyrrole nitrogens is 1. The van der Waals surface area contributed by atoms with E-state index in [4.69, 9.17) is 0 Å². The van der Waals surface area contributed by atoms with Crippen LogP contribution in [0.1, 0.15) is 56.0 Å². The van der Waals surface area contributed by atoms with Crippen LogP contribution >= 0.6 is 0 Å². The molecule has 1 aromatic rings. The molecule has 1 aliphatic rings. The molecule has 2 rings (SSSR count). The molecule has 1 fully saturated rings. The van der Waals surface area contributed by atoms with Gasteiger partial charge in [-0.2, -0.15) is 5.10 Å². The van der Waals surface area contributed by atoms with Gasteiger partial charge in [-0.15, -0.1) is 0 Å². The Kier molecular flexibility index (Phi) is 4.61. The monoisotopic (exact) mass is 263 g/mol. The summed E-state index contributed by atoms with van der Waals surface area (Å²) in [5.41, 5.74) is 3.14. The molecule has 1 amide bonds. The Labute approximate surface area is 115 Å². The summed E-state index contributed by atoms with van der Waals surface area (Å²) in [5.74, 6) is 1.44. The highest BCUT2D eigenvalue weighted by Crippen LogP contribution is 2.31. The van der Waals surface area contributed by atoms with Gasteiger partial charge in [-0.3, -0.25) is 9.89 Å². The number of aromatic amines is 1. The summed E-state index contributed by atoms with van der Waals surface area (Å²) in [5, 5.41) is 10.1. The van der Waals surface area contributed by atoms with E-state index in [9.17, 15) is 4.79 Å². The minimum absolute atomic E-state index is 0.179. The topological polar surface area (TPSA) is 57.8 Å². The number of hydrogen-bond acceptors (Lipinski definition) is 2. The number of amides is 1. The first kappa shape index (κ1) is 14.1. The van der Waals surface area contributed by atoms with Crippen LogP contribution in [0.5, 0.6) is 0 Å². The van der Waals surface area contributed by atoms with Gasteiger partial charge in [-0.25, -0.2) is 0 Å². The second kappa shape index (κ2) is 6.22. The lowest BCUT2D eigenvalue weighted by Gasteiger charge is -2.28. The van der Waals surface area contributed by atoms with Gasteiger partial charge in [-0.1, -0.05) is 26.2 Å². The first-order valence-corrected chi connectivity index (χ1v) is 7.35. The Morgan fingerprint density at radius 3 is 2.74 bits per heavy atom. The van der Waals surface area contributed by atoms with Gasteiger partial charge in [0.1, 0.15) is 0 Å². The quantitative estimate of drug-likeness (QED) is 0.877. The number of carbonyl (C=O) groups is 1. The number of rotatable bonds is 4. The van der Waals surface area contributed by atoms with Crippen molar-refractivity contribution in [1.82, 2.24) is 15.5 Å². The molecular formula is C15H25N3O. The average molecular weight is 263 g/mol. The second-order valence-electron chi connectivity index (χ2n) is 5.92. The van der Waals surface area contributed by atoms with Crippen molar-refractivity contribution in [3.63, 3.8) is 0 Å². The largest absolute Gasteiger partial charge is 0.352 e. The van der Waals surface area contributed by atoms with E-state index < -0.39 is 0 Å². The SMILES string of the molecule is Cc1n[nH]c(C)c1CNC(=O)CC1CCCCC1C. The van der Waals surface area contributed by atoms with E-state index in [1.165, 1.54) is 25.7 Å². The maximum absolute atomic E-state index is 12.0. The lowest BCUT2D eigenvalue weighted by Crippen LogP contribution is -2.28. The zero-order valence-corrected chi connectivity index (χ0v) is 12.3. The average Bonchev–Trinajstić information content (AvgIpc) is 2.70. The Morgan fingerprint density at radius 2 is 2.11 bits per heavy atom. The summed E-state index contributed by atoms with van der Waals surface area (Å²) >= 11 is 0. The molecule has 0 saturated heterocycles. The van der Waals surface area contributed by atoms with Crippen LogP contribution in [0.25, 0.3) is 0 Å². The molecule has 106 valence electrons. The molecule has 0 bridgehead atoms. The highest BCUT2D eigenvalue weighted by molar-refractivity contribution is 5.76. The lowest BCUT2D eigenvalue weighted by atomic mass is 9.78. The van der Waals surface area contributed by atoms with Gasteiger partial charge in [0.25, 0.3) is 0 Å². The third-order valence-corrected chi connectivity index (χ3v) is 4.48. The molecule has 0 spiro atoms. The van der Waals surface area contributed by atoms with Gasteiger partial charge >= 0.3 is 0 Å². The molecule has 0 radical (unpaired) electrons. The molecule has 2 N–H and O–H groups in total. The van der Waals surface area contributed by atoms with Crippen molar-refractivity contribution in [2.75, 3.05) is 0 Å². The van der Waals surface area contributed by atoms with Gasteiger partial charge in [0.2, 0.25) is 5.91 Å². The van der Waals surface area contributed by atoms with Gasteiger partial charge in [0, 0.05) is 24.2 Å². The Bertz CT molecular complexity index is 419. The summed E-state index contributed by atoms with van der Waals surface area (Å²) < 4.78 is 0. The molecule has 1 heterocycles.